The average molecular weight is 310 g/mol. The van der Waals surface area contributed by atoms with Crippen LogP contribution in [-0.2, 0) is 11.2 Å². The number of hydrogen-bond donors (Lipinski definition) is 2. The fraction of sp³-hybridized carbons (Fsp3) is 0.562. The highest BCUT2D eigenvalue weighted by Crippen LogP contribution is 2.05. The lowest BCUT2D eigenvalue weighted by Gasteiger charge is -2.17. The molecule has 0 fully saturated rings. The molecule has 0 atom stereocenters. The van der Waals surface area contributed by atoms with Crippen LogP contribution >= 0.6 is 0 Å². The maximum atomic E-state index is 13.5. The molecule has 0 unspecified atom stereocenters. The van der Waals surface area contributed by atoms with Crippen molar-refractivity contribution >= 4 is 5.96 Å². The Balaban J connectivity index is 2.21. The molecule has 0 aliphatic heterocycles. The van der Waals surface area contributed by atoms with Crippen LogP contribution in [-0.4, -0.2) is 64.9 Å². The van der Waals surface area contributed by atoms with Crippen LogP contribution in [0.15, 0.2) is 29.3 Å². The number of aliphatic imine (C=N–C) groups is 1. The van der Waals surface area contributed by atoms with Crippen molar-refractivity contribution in [2.45, 2.75) is 6.42 Å². The van der Waals surface area contributed by atoms with Gasteiger partial charge in [-0.15, -0.1) is 0 Å². The van der Waals surface area contributed by atoms with Gasteiger partial charge in [-0.1, -0.05) is 18.2 Å². The number of rotatable bonds is 9. The molecule has 1 aromatic carbocycles. The summed E-state index contributed by atoms with van der Waals surface area (Å²) in [7, 11) is 5.48. The third kappa shape index (κ3) is 7.38. The molecule has 1 aromatic rings. The predicted octanol–water partition coefficient (Wildman–Crippen LogP) is 1.11. The number of benzene rings is 1. The molecule has 0 heterocycles. The first-order chi connectivity index (χ1) is 10.7. The monoisotopic (exact) mass is 310 g/mol. The molecule has 2 N–H and O–H groups in total. The fourth-order valence-electron chi connectivity index (χ4n) is 1.96. The lowest BCUT2D eigenvalue weighted by molar-refractivity contribution is 0.162. The molecule has 124 valence electrons. The Bertz CT molecular complexity index is 454. The molecule has 5 nitrogen and oxygen atoms in total. The van der Waals surface area contributed by atoms with Gasteiger partial charge in [0.1, 0.15) is 5.82 Å². The van der Waals surface area contributed by atoms with Crippen molar-refractivity contribution in [3.63, 3.8) is 0 Å². The number of likely N-dealkylation sites (N-methyl/N-ethyl adjacent to an activating group) is 1. The second-order valence-electron chi connectivity index (χ2n) is 5.06. The molecule has 0 bridgehead atoms. The van der Waals surface area contributed by atoms with Crippen LogP contribution in [0, 0.1) is 5.82 Å². The van der Waals surface area contributed by atoms with Crippen molar-refractivity contribution in [2.24, 2.45) is 4.99 Å². The molecular formula is C16H27FN4O. The van der Waals surface area contributed by atoms with E-state index in [2.05, 4.69) is 27.6 Å². The molecular weight excluding hydrogens is 283 g/mol. The quantitative estimate of drug-likeness (QED) is 0.530. The Hall–Kier alpha value is -1.66. The zero-order valence-corrected chi connectivity index (χ0v) is 13.7. The van der Waals surface area contributed by atoms with Gasteiger partial charge in [-0.3, -0.25) is 4.99 Å². The molecule has 0 amide bonds. The summed E-state index contributed by atoms with van der Waals surface area (Å²) in [5.41, 5.74) is 0.713. The minimum absolute atomic E-state index is 0.160. The van der Waals surface area contributed by atoms with Gasteiger partial charge >= 0.3 is 0 Å². The molecule has 0 spiro atoms. The zero-order chi connectivity index (χ0) is 16.2. The molecule has 22 heavy (non-hydrogen) atoms. The summed E-state index contributed by atoms with van der Waals surface area (Å²) in [6, 6.07) is 6.84. The molecule has 0 aliphatic rings. The van der Waals surface area contributed by atoms with E-state index in [1.807, 2.05) is 6.07 Å². The van der Waals surface area contributed by atoms with E-state index in [1.54, 1.807) is 26.3 Å². The molecule has 0 aliphatic carbocycles. The Morgan fingerprint density at radius 3 is 2.64 bits per heavy atom. The predicted molar refractivity (Wildman–Crippen MR) is 88.8 cm³/mol. The zero-order valence-electron chi connectivity index (χ0n) is 13.7. The minimum Gasteiger partial charge on any atom is -0.383 e. The van der Waals surface area contributed by atoms with Gasteiger partial charge in [0, 0.05) is 40.3 Å². The van der Waals surface area contributed by atoms with Crippen LogP contribution in [0.25, 0.3) is 0 Å². The SMILES string of the molecule is CN=C(NCCc1ccccc1F)NCCN(C)CCOC. The first-order valence-corrected chi connectivity index (χ1v) is 7.52. The van der Waals surface area contributed by atoms with Gasteiger partial charge in [0.2, 0.25) is 0 Å². The number of guanidine groups is 1. The third-order valence-corrected chi connectivity index (χ3v) is 3.33. The molecule has 0 radical (unpaired) electrons. The van der Waals surface area contributed by atoms with Gasteiger partial charge in [0.25, 0.3) is 0 Å². The summed E-state index contributed by atoms with van der Waals surface area (Å²) in [4.78, 5) is 6.34. The maximum absolute atomic E-state index is 13.5. The lowest BCUT2D eigenvalue weighted by atomic mass is 10.1. The first-order valence-electron chi connectivity index (χ1n) is 7.52. The molecule has 0 saturated heterocycles. The molecule has 0 saturated carbocycles. The van der Waals surface area contributed by atoms with E-state index in [0.29, 0.717) is 18.5 Å². The van der Waals surface area contributed by atoms with Gasteiger partial charge < -0.3 is 20.3 Å². The van der Waals surface area contributed by atoms with Crippen LogP contribution in [0.4, 0.5) is 4.39 Å². The van der Waals surface area contributed by atoms with Gasteiger partial charge in [-0.2, -0.15) is 0 Å². The summed E-state index contributed by atoms with van der Waals surface area (Å²) in [6.45, 7) is 3.96. The average Bonchev–Trinajstić information content (AvgIpc) is 2.53. The van der Waals surface area contributed by atoms with Gasteiger partial charge in [-0.25, -0.2) is 4.39 Å². The van der Waals surface area contributed by atoms with Crippen molar-refractivity contribution in [3.8, 4) is 0 Å². The Kier molecular flexibility index (Phi) is 9.18. The largest absolute Gasteiger partial charge is 0.383 e. The van der Waals surface area contributed by atoms with Crippen LogP contribution in [0.2, 0.25) is 0 Å². The Morgan fingerprint density at radius 1 is 1.23 bits per heavy atom. The van der Waals surface area contributed by atoms with Crippen LogP contribution in [0.1, 0.15) is 5.56 Å². The van der Waals surface area contributed by atoms with Crippen molar-refractivity contribution in [2.75, 3.05) is 54.0 Å². The Morgan fingerprint density at radius 2 is 1.95 bits per heavy atom. The van der Waals surface area contributed by atoms with E-state index in [1.165, 1.54) is 6.07 Å². The van der Waals surface area contributed by atoms with E-state index in [-0.39, 0.29) is 5.82 Å². The molecule has 1 rings (SSSR count). The highest BCUT2D eigenvalue weighted by Gasteiger charge is 2.02. The topological polar surface area (TPSA) is 48.9 Å². The van der Waals surface area contributed by atoms with Crippen molar-refractivity contribution in [1.29, 1.82) is 0 Å². The number of nitrogens with one attached hydrogen (secondary N) is 2. The van der Waals surface area contributed by atoms with Gasteiger partial charge in [0.05, 0.1) is 6.61 Å². The van der Waals surface area contributed by atoms with E-state index in [0.717, 1.165) is 32.2 Å². The summed E-state index contributed by atoms with van der Waals surface area (Å²) < 4.78 is 18.5. The van der Waals surface area contributed by atoms with E-state index >= 15 is 0 Å². The minimum atomic E-state index is -0.160. The summed E-state index contributed by atoms with van der Waals surface area (Å²) in [6.07, 6.45) is 0.626. The highest BCUT2D eigenvalue weighted by molar-refractivity contribution is 5.79. The smallest absolute Gasteiger partial charge is 0.191 e. The fourth-order valence-corrected chi connectivity index (χ4v) is 1.96. The number of nitrogens with zero attached hydrogens (tertiary/aromatic N) is 2. The second-order valence-corrected chi connectivity index (χ2v) is 5.06. The summed E-state index contributed by atoms with van der Waals surface area (Å²) >= 11 is 0. The van der Waals surface area contributed by atoms with Crippen molar-refractivity contribution < 1.29 is 9.13 Å². The Labute approximate surface area is 132 Å². The van der Waals surface area contributed by atoms with Crippen LogP contribution in [0.3, 0.4) is 0 Å². The van der Waals surface area contributed by atoms with E-state index in [9.17, 15) is 4.39 Å². The van der Waals surface area contributed by atoms with E-state index < -0.39 is 0 Å². The second kappa shape index (κ2) is 11.0. The first kappa shape index (κ1) is 18.4. The number of ether oxygens (including phenoxy) is 1. The van der Waals surface area contributed by atoms with Crippen molar-refractivity contribution in [1.82, 2.24) is 15.5 Å². The van der Waals surface area contributed by atoms with Gasteiger partial charge in [-0.05, 0) is 25.1 Å². The maximum Gasteiger partial charge on any atom is 0.191 e. The van der Waals surface area contributed by atoms with Gasteiger partial charge in [0.15, 0.2) is 5.96 Å². The highest BCUT2D eigenvalue weighted by atomic mass is 19.1. The van der Waals surface area contributed by atoms with Crippen molar-refractivity contribution in [3.05, 3.63) is 35.6 Å². The standard InChI is InChI=1S/C16H27FN4O/c1-18-16(20-10-11-21(2)12-13-22-3)19-9-8-14-6-4-5-7-15(14)17/h4-7H,8-13H2,1-3H3,(H2,18,19,20). The summed E-state index contributed by atoms with van der Waals surface area (Å²) in [5, 5.41) is 6.43. The third-order valence-electron chi connectivity index (χ3n) is 3.33. The van der Waals surface area contributed by atoms with Crippen LogP contribution in [0.5, 0.6) is 0 Å². The molecule has 0 aromatic heterocycles. The van der Waals surface area contributed by atoms with E-state index in [4.69, 9.17) is 4.74 Å². The molecule has 6 heteroatoms. The number of hydrogen-bond acceptors (Lipinski definition) is 3. The normalized spacial score (nSPS) is 11.8. The summed E-state index contributed by atoms with van der Waals surface area (Å²) in [5.74, 6) is 0.573. The van der Waals surface area contributed by atoms with Crippen LogP contribution < -0.4 is 10.6 Å². The number of methoxy groups -OCH3 is 1. The number of halogens is 1. The lowest BCUT2D eigenvalue weighted by Crippen LogP contribution is -2.42.